The minimum absolute atomic E-state index is 0.0120. The predicted molar refractivity (Wildman–Crippen MR) is 54.7 cm³/mol. The van der Waals surface area contributed by atoms with Crippen LogP contribution in [0.15, 0.2) is 23.1 Å². The summed E-state index contributed by atoms with van der Waals surface area (Å²) >= 11 is 5.67. The lowest BCUT2D eigenvalue weighted by molar-refractivity contribution is 0.186. The molecule has 1 aromatic heterocycles. The van der Waals surface area contributed by atoms with Crippen LogP contribution in [0.25, 0.3) is 0 Å². The number of alkyl halides is 1. The van der Waals surface area contributed by atoms with E-state index in [2.05, 4.69) is 0 Å². The molecule has 0 aliphatic carbocycles. The smallest absolute Gasteiger partial charge is 0.255 e. The summed E-state index contributed by atoms with van der Waals surface area (Å²) in [6, 6.07) is 3.81. The van der Waals surface area contributed by atoms with E-state index in [1.807, 2.05) is 6.07 Å². The number of halogens is 1. The van der Waals surface area contributed by atoms with E-state index in [1.165, 1.54) is 0 Å². The van der Waals surface area contributed by atoms with E-state index < -0.39 is 0 Å². The van der Waals surface area contributed by atoms with Crippen molar-refractivity contribution in [3.8, 4) is 0 Å². The molecular formula is C10H12ClNO2. The topological polar surface area (TPSA) is 31.2 Å². The molecule has 2 heterocycles. The fraction of sp³-hybridized carbons (Fsp3) is 0.500. The fourth-order valence-corrected chi connectivity index (χ4v) is 1.89. The van der Waals surface area contributed by atoms with Gasteiger partial charge in [-0.2, -0.15) is 0 Å². The first kappa shape index (κ1) is 9.74. The first-order valence-electron chi connectivity index (χ1n) is 4.66. The summed E-state index contributed by atoms with van der Waals surface area (Å²) in [5.41, 5.74) is 0.666. The van der Waals surface area contributed by atoms with Gasteiger partial charge in [0.05, 0.1) is 18.5 Å². The first-order chi connectivity index (χ1) is 6.83. The summed E-state index contributed by atoms with van der Waals surface area (Å²) in [4.78, 5) is 11.8. The number of pyridine rings is 1. The Kier molecular flexibility index (Phi) is 2.89. The van der Waals surface area contributed by atoms with Gasteiger partial charge in [0.1, 0.15) is 0 Å². The average Bonchev–Trinajstić information content (AvgIpc) is 2.71. The third-order valence-corrected chi connectivity index (χ3v) is 2.78. The van der Waals surface area contributed by atoms with E-state index in [9.17, 15) is 4.79 Å². The Morgan fingerprint density at radius 2 is 2.50 bits per heavy atom. The van der Waals surface area contributed by atoms with Gasteiger partial charge in [-0.1, -0.05) is 6.07 Å². The molecule has 1 aliphatic heterocycles. The molecule has 1 aromatic rings. The monoisotopic (exact) mass is 213 g/mol. The second kappa shape index (κ2) is 4.15. The molecule has 1 saturated heterocycles. The van der Waals surface area contributed by atoms with Gasteiger partial charge in [0.25, 0.3) is 5.56 Å². The molecule has 0 amide bonds. The largest absolute Gasteiger partial charge is 0.379 e. The molecule has 0 radical (unpaired) electrons. The lowest BCUT2D eigenvalue weighted by atomic mass is 10.2. The van der Waals surface area contributed by atoms with Gasteiger partial charge in [-0.15, -0.1) is 11.6 Å². The SMILES string of the molecule is O=c1c(CCl)cccn1[C@@H]1CCOC1. The Labute approximate surface area is 87.3 Å². The van der Waals surface area contributed by atoms with Crippen LogP contribution in [0.4, 0.5) is 0 Å². The Morgan fingerprint density at radius 1 is 1.64 bits per heavy atom. The maximum atomic E-state index is 11.8. The highest BCUT2D eigenvalue weighted by Gasteiger charge is 2.18. The van der Waals surface area contributed by atoms with Crippen molar-refractivity contribution < 1.29 is 4.74 Å². The molecule has 0 spiro atoms. The highest BCUT2D eigenvalue weighted by Crippen LogP contribution is 2.16. The van der Waals surface area contributed by atoms with Crippen LogP contribution >= 0.6 is 11.6 Å². The lowest BCUT2D eigenvalue weighted by Crippen LogP contribution is -2.26. The highest BCUT2D eigenvalue weighted by molar-refractivity contribution is 6.17. The van der Waals surface area contributed by atoms with E-state index in [4.69, 9.17) is 16.3 Å². The summed E-state index contributed by atoms with van der Waals surface area (Å²) in [6.45, 7) is 1.37. The molecule has 0 bridgehead atoms. The number of nitrogens with zero attached hydrogens (tertiary/aromatic N) is 1. The summed E-state index contributed by atoms with van der Waals surface area (Å²) < 4.78 is 6.97. The number of hydrogen-bond acceptors (Lipinski definition) is 2. The highest BCUT2D eigenvalue weighted by atomic mass is 35.5. The van der Waals surface area contributed by atoms with Crippen LogP contribution in [0.5, 0.6) is 0 Å². The summed E-state index contributed by atoms with van der Waals surface area (Å²) in [6.07, 6.45) is 2.71. The molecule has 1 fully saturated rings. The predicted octanol–water partition coefficient (Wildman–Crippen LogP) is 1.55. The standard InChI is InChI=1S/C10H12ClNO2/c11-6-8-2-1-4-12(10(8)13)9-3-5-14-7-9/h1-2,4,9H,3,5-7H2/t9-/m1/s1. The molecule has 1 aliphatic rings. The van der Waals surface area contributed by atoms with Gasteiger partial charge in [0, 0.05) is 18.4 Å². The molecule has 0 saturated carbocycles. The Morgan fingerprint density at radius 3 is 3.14 bits per heavy atom. The second-order valence-corrected chi connectivity index (χ2v) is 3.66. The summed E-state index contributed by atoms with van der Waals surface area (Å²) in [7, 11) is 0. The van der Waals surface area contributed by atoms with Crippen molar-refractivity contribution in [3.05, 3.63) is 34.2 Å². The van der Waals surface area contributed by atoms with E-state index in [-0.39, 0.29) is 17.5 Å². The Bertz CT molecular complexity index is 369. The lowest BCUT2D eigenvalue weighted by Gasteiger charge is -2.12. The summed E-state index contributed by atoms with van der Waals surface area (Å²) in [5, 5.41) is 0. The Balaban J connectivity index is 2.37. The molecular weight excluding hydrogens is 202 g/mol. The molecule has 3 nitrogen and oxygen atoms in total. The number of hydrogen-bond donors (Lipinski definition) is 0. The van der Waals surface area contributed by atoms with Gasteiger partial charge in [0.15, 0.2) is 0 Å². The van der Waals surface area contributed by atoms with Crippen LogP contribution in [-0.2, 0) is 10.6 Å². The van der Waals surface area contributed by atoms with E-state index >= 15 is 0 Å². The van der Waals surface area contributed by atoms with Crippen molar-refractivity contribution in [3.63, 3.8) is 0 Å². The van der Waals surface area contributed by atoms with Crippen LogP contribution in [0.1, 0.15) is 18.0 Å². The van der Waals surface area contributed by atoms with Crippen LogP contribution in [0.2, 0.25) is 0 Å². The van der Waals surface area contributed by atoms with E-state index in [1.54, 1.807) is 16.8 Å². The van der Waals surface area contributed by atoms with Gasteiger partial charge in [0.2, 0.25) is 0 Å². The van der Waals surface area contributed by atoms with Crippen LogP contribution in [-0.4, -0.2) is 17.8 Å². The van der Waals surface area contributed by atoms with Crippen molar-refractivity contribution in [2.75, 3.05) is 13.2 Å². The van der Waals surface area contributed by atoms with Gasteiger partial charge < -0.3 is 9.30 Å². The minimum Gasteiger partial charge on any atom is -0.379 e. The molecule has 0 aromatic carbocycles. The van der Waals surface area contributed by atoms with E-state index in [0.29, 0.717) is 12.2 Å². The first-order valence-corrected chi connectivity index (χ1v) is 5.20. The summed E-state index contributed by atoms with van der Waals surface area (Å²) in [5.74, 6) is 0.271. The third-order valence-electron chi connectivity index (χ3n) is 2.50. The molecule has 2 rings (SSSR count). The van der Waals surface area contributed by atoms with Crippen molar-refractivity contribution in [2.45, 2.75) is 18.3 Å². The van der Waals surface area contributed by atoms with Crippen LogP contribution < -0.4 is 5.56 Å². The molecule has 4 heteroatoms. The van der Waals surface area contributed by atoms with Gasteiger partial charge in [-0.3, -0.25) is 4.79 Å². The molecule has 0 N–H and O–H groups in total. The van der Waals surface area contributed by atoms with E-state index in [0.717, 1.165) is 13.0 Å². The zero-order valence-corrected chi connectivity index (χ0v) is 8.54. The fourth-order valence-electron chi connectivity index (χ4n) is 1.69. The van der Waals surface area contributed by atoms with Gasteiger partial charge >= 0.3 is 0 Å². The quantitative estimate of drug-likeness (QED) is 0.698. The minimum atomic E-state index is 0.0120. The van der Waals surface area contributed by atoms with Gasteiger partial charge in [-0.25, -0.2) is 0 Å². The third kappa shape index (κ3) is 1.70. The Hall–Kier alpha value is -0.800. The zero-order valence-electron chi connectivity index (χ0n) is 7.78. The molecule has 1 atom stereocenters. The normalized spacial score (nSPS) is 21.4. The number of aromatic nitrogens is 1. The van der Waals surface area contributed by atoms with Crippen molar-refractivity contribution in [1.82, 2.24) is 4.57 Å². The van der Waals surface area contributed by atoms with Crippen LogP contribution in [0, 0.1) is 0 Å². The van der Waals surface area contributed by atoms with Crippen molar-refractivity contribution in [2.24, 2.45) is 0 Å². The number of ether oxygens (including phenoxy) is 1. The average molecular weight is 214 g/mol. The van der Waals surface area contributed by atoms with Crippen LogP contribution in [0.3, 0.4) is 0 Å². The molecule has 14 heavy (non-hydrogen) atoms. The maximum Gasteiger partial charge on any atom is 0.255 e. The zero-order chi connectivity index (χ0) is 9.97. The molecule has 76 valence electrons. The van der Waals surface area contributed by atoms with Crippen molar-refractivity contribution in [1.29, 1.82) is 0 Å². The maximum absolute atomic E-state index is 11.8. The number of rotatable bonds is 2. The van der Waals surface area contributed by atoms with Crippen molar-refractivity contribution >= 4 is 11.6 Å². The second-order valence-electron chi connectivity index (χ2n) is 3.40. The molecule has 0 unspecified atom stereocenters. The van der Waals surface area contributed by atoms with Gasteiger partial charge in [-0.05, 0) is 12.5 Å².